The summed E-state index contributed by atoms with van der Waals surface area (Å²) < 4.78 is 13.3. The van der Waals surface area contributed by atoms with Crippen molar-refractivity contribution in [2.24, 2.45) is 0 Å². The van der Waals surface area contributed by atoms with Crippen LogP contribution in [0.15, 0.2) is 79.1 Å². The average Bonchev–Trinajstić information content (AvgIpc) is 3.20. The number of aromatic nitrogens is 2. The number of aryl methyl sites for hydroxylation is 3. The van der Waals surface area contributed by atoms with E-state index >= 15 is 0 Å². The Bertz CT molecular complexity index is 1040. The molecular weight excluding hydrogens is 360 g/mol. The summed E-state index contributed by atoms with van der Waals surface area (Å²) in [7, 11) is 1.69. The minimum Gasteiger partial charge on any atom is -0.497 e. The van der Waals surface area contributed by atoms with Crippen LogP contribution in [0.2, 0.25) is 0 Å². The second-order valence-corrected chi connectivity index (χ2v) is 7.12. The number of imidazole rings is 1. The summed E-state index contributed by atoms with van der Waals surface area (Å²) in [5.41, 5.74) is 4.83. The number of nitrogens with zero attached hydrogens (tertiary/aromatic N) is 2. The van der Waals surface area contributed by atoms with E-state index in [1.54, 1.807) is 7.11 Å². The van der Waals surface area contributed by atoms with Gasteiger partial charge in [-0.2, -0.15) is 0 Å². The normalized spacial score (nSPS) is 10.9. The summed E-state index contributed by atoms with van der Waals surface area (Å²) in [5.74, 6) is 1.82. The summed E-state index contributed by atoms with van der Waals surface area (Å²) in [4.78, 5) is 4.45. The molecule has 4 heteroatoms. The van der Waals surface area contributed by atoms with Crippen LogP contribution in [-0.4, -0.2) is 23.3 Å². The molecule has 1 aromatic heterocycles. The van der Waals surface area contributed by atoms with Crippen molar-refractivity contribution >= 4 is 11.0 Å². The second-order valence-electron chi connectivity index (χ2n) is 7.12. The van der Waals surface area contributed by atoms with Crippen molar-refractivity contribution in [3.05, 3.63) is 90.3 Å². The molecule has 0 aliphatic heterocycles. The van der Waals surface area contributed by atoms with Crippen LogP contribution in [0.25, 0.3) is 11.0 Å². The Labute approximate surface area is 171 Å². The van der Waals surface area contributed by atoms with Crippen molar-refractivity contribution in [3.63, 3.8) is 0 Å². The van der Waals surface area contributed by atoms with Gasteiger partial charge in [-0.25, -0.2) is 4.98 Å². The van der Waals surface area contributed by atoms with E-state index < -0.39 is 0 Å². The van der Waals surface area contributed by atoms with Crippen molar-refractivity contribution in [1.82, 2.24) is 9.55 Å². The van der Waals surface area contributed by atoms with Crippen molar-refractivity contribution in [1.29, 1.82) is 0 Å². The van der Waals surface area contributed by atoms with Crippen molar-refractivity contribution in [2.45, 2.75) is 25.8 Å². The molecule has 29 heavy (non-hydrogen) atoms. The highest BCUT2D eigenvalue weighted by Gasteiger charge is 2.02. The zero-order valence-corrected chi connectivity index (χ0v) is 16.8. The zero-order valence-electron chi connectivity index (χ0n) is 16.8. The second kappa shape index (κ2) is 9.28. The van der Waals surface area contributed by atoms with E-state index in [1.165, 1.54) is 16.6 Å². The molecule has 0 saturated heterocycles. The van der Waals surface area contributed by atoms with E-state index in [-0.39, 0.29) is 0 Å². The fourth-order valence-corrected chi connectivity index (χ4v) is 3.45. The number of benzene rings is 3. The number of hydrogen-bond donors (Lipinski definition) is 0. The molecule has 0 radical (unpaired) electrons. The lowest BCUT2D eigenvalue weighted by atomic mass is 10.1. The standard InChI is InChI=1S/C25H26N2O2/c1-28-22-12-8-20(9-13-22)5-4-18-29-23-14-10-21(11-15-23)16-17-27-19-26-24-6-2-3-7-25(24)27/h2-3,6-15,19H,4-5,16-18H2,1H3. The summed E-state index contributed by atoms with van der Waals surface area (Å²) in [6.45, 7) is 1.63. The monoisotopic (exact) mass is 386 g/mol. The summed E-state index contributed by atoms with van der Waals surface area (Å²) in [6, 6.07) is 24.9. The van der Waals surface area contributed by atoms with Gasteiger partial charge in [-0.1, -0.05) is 36.4 Å². The molecule has 0 bridgehead atoms. The van der Waals surface area contributed by atoms with E-state index in [0.29, 0.717) is 6.61 Å². The number of ether oxygens (including phenoxy) is 2. The molecule has 148 valence electrons. The number of fused-ring (bicyclic) bond motifs is 1. The molecule has 0 saturated carbocycles. The van der Waals surface area contributed by atoms with Gasteiger partial charge in [0.2, 0.25) is 0 Å². The summed E-state index contributed by atoms with van der Waals surface area (Å²) in [6.07, 6.45) is 4.88. The van der Waals surface area contributed by atoms with Gasteiger partial charge < -0.3 is 14.0 Å². The number of hydrogen-bond acceptors (Lipinski definition) is 3. The van der Waals surface area contributed by atoms with Crippen LogP contribution in [0.3, 0.4) is 0 Å². The van der Waals surface area contributed by atoms with Gasteiger partial charge in [0.25, 0.3) is 0 Å². The van der Waals surface area contributed by atoms with Gasteiger partial charge >= 0.3 is 0 Å². The average molecular weight is 386 g/mol. The molecule has 0 amide bonds. The van der Waals surface area contributed by atoms with Gasteiger partial charge in [0.1, 0.15) is 11.5 Å². The molecule has 3 aromatic carbocycles. The molecule has 0 spiro atoms. The van der Waals surface area contributed by atoms with Gasteiger partial charge in [0, 0.05) is 6.54 Å². The third-order valence-electron chi connectivity index (χ3n) is 5.13. The molecule has 0 unspecified atom stereocenters. The molecule has 0 aliphatic rings. The van der Waals surface area contributed by atoms with Gasteiger partial charge in [0.15, 0.2) is 0 Å². The number of methoxy groups -OCH3 is 1. The summed E-state index contributed by atoms with van der Waals surface area (Å²) >= 11 is 0. The van der Waals surface area contributed by atoms with Crippen LogP contribution in [0, 0.1) is 0 Å². The van der Waals surface area contributed by atoms with Crippen molar-refractivity contribution < 1.29 is 9.47 Å². The van der Waals surface area contributed by atoms with Gasteiger partial charge in [0.05, 0.1) is 31.1 Å². The Morgan fingerprint density at radius 2 is 1.48 bits per heavy atom. The lowest BCUT2D eigenvalue weighted by molar-refractivity contribution is 0.311. The highest BCUT2D eigenvalue weighted by Crippen LogP contribution is 2.17. The van der Waals surface area contributed by atoms with Crippen molar-refractivity contribution in [2.75, 3.05) is 13.7 Å². The van der Waals surface area contributed by atoms with Crippen LogP contribution in [0.1, 0.15) is 17.5 Å². The lowest BCUT2D eigenvalue weighted by Gasteiger charge is -2.08. The first-order chi connectivity index (χ1) is 14.3. The topological polar surface area (TPSA) is 36.3 Å². The Morgan fingerprint density at radius 3 is 2.24 bits per heavy atom. The predicted octanol–water partition coefficient (Wildman–Crippen LogP) is 5.30. The maximum Gasteiger partial charge on any atom is 0.119 e. The first-order valence-corrected chi connectivity index (χ1v) is 10.1. The highest BCUT2D eigenvalue weighted by molar-refractivity contribution is 5.74. The summed E-state index contributed by atoms with van der Waals surface area (Å²) in [5, 5.41) is 0. The third kappa shape index (κ3) is 4.96. The third-order valence-corrected chi connectivity index (χ3v) is 5.13. The Kier molecular flexibility index (Phi) is 6.10. The van der Waals surface area contributed by atoms with Crippen LogP contribution in [0.5, 0.6) is 11.5 Å². The van der Waals surface area contributed by atoms with E-state index in [9.17, 15) is 0 Å². The van der Waals surface area contributed by atoms with E-state index in [4.69, 9.17) is 9.47 Å². The zero-order chi connectivity index (χ0) is 19.9. The van der Waals surface area contributed by atoms with Gasteiger partial charge in [-0.3, -0.25) is 0 Å². The number of para-hydroxylation sites is 2. The van der Waals surface area contributed by atoms with Crippen LogP contribution >= 0.6 is 0 Å². The smallest absolute Gasteiger partial charge is 0.119 e. The maximum absolute atomic E-state index is 5.90. The van der Waals surface area contributed by atoms with Crippen LogP contribution in [-0.2, 0) is 19.4 Å². The largest absolute Gasteiger partial charge is 0.497 e. The van der Waals surface area contributed by atoms with E-state index in [1.807, 2.05) is 30.6 Å². The molecular formula is C25H26N2O2. The molecule has 0 atom stereocenters. The fourth-order valence-electron chi connectivity index (χ4n) is 3.45. The maximum atomic E-state index is 5.90. The van der Waals surface area contributed by atoms with Gasteiger partial charge in [-0.15, -0.1) is 0 Å². The molecule has 4 aromatic rings. The SMILES string of the molecule is COc1ccc(CCCOc2ccc(CCn3cnc4ccccc43)cc2)cc1. The Morgan fingerprint density at radius 1 is 0.793 bits per heavy atom. The van der Waals surface area contributed by atoms with Gasteiger partial charge in [-0.05, 0) is 66.8 Å². The Hall–Kier alpha value is -3.27. The molecule has 0 fully saturated rings. The Balaban J connectivity index is 1.22. The lowest BCUT2D eigenvalue weighted by Crippen LogP contribution is -2.01. The van der Waals surface area contributed by atoms with Crippen molar-refractivity contribution in [3.8, 4) is 11.5 Å². The van der Waals surface area contributed by atoms with Crippen LogP contribution < -0.4 is 9.47 Å². The molecule has 0 aliphatic carbocycles. The first kappa shape index (κ1) is 19.1. The highest BCUT2D eigenvalue weighted by atomic mass is 16.5. The van der Waals surface area contributed by atoms with E-state index in [0.717, 1.165) is 42.8 Å². The molecule has 1 heterocycles. The number of rotatable bonds is 9. The molecule has 0 N–H and O–H groups in total. The minimum atomic E-state index is 0.715. The molecule has 4 rings (SSSR count). The fraction of sp³-hybridized carbons (Fsp3) is 0.240. The quantitative estimate of drug-likeness (QED) is 0.366. The van der Waals surface area contributed by atoms with E-state index in [2.05, 4.69) is 58.1 Å². The van der Waals surface area contributed by atoms with Crippen LogP contribution in [0.4, 0.5) is 0 Å². The minimum absolute atomic E-state index is 0.715. The first-order valence-electron chi connectivity index (χ1n) is 10.1. The predicted molar refractivity (Wildman–Crippen MR) is 117 cm³/mol. The molecule has 4 nitrogen and oxygen atoms in total.